The van der Waals surface area contributed by atoms with Crippen molar-refractivity contribution in [2.24, 2.45) is 0 Å². The van der Waals surface area contributed by atoms with Crippen LogP contribution in [0.1, 0.15) is 77.0 Å². The Bertz CT molecular complexity index is 559. The monoisotopic (exact) mass is 373 g/mol. The van der Waals surface area contributed by atoms with Gasteiger partial charge in [0.2, 0.25) is 5.91 Å². The molecule has 2 aliphatic carbocycles. The van der Waals surface area contributed by atoms with Gasteiger partial charge in [0.05, 0.1) is 13.7 Å². The summed E-state index contributed by atoms with van der Waals surface area (Å²) < 4.78 is 11.2. The Balaban J connectivity index is 1.52. The summed E-state index contributed by atoms with van der Waals surface area (Å²) in [5, 5.41) is 0. The minimum absolute atomic E-state index is 0.345. The first-order chi connectivity index (χ1) is 13.3. The van der Waals surface area contributed by atoms with Crippen LogP contribution in [0.25, 0.3) is 0 Å². The maximum absolute atomic E-state index is 13.1. The fraction of sp³-hybridized carbons (Fsp3) is 0.696. The molecule has 4 heteroatoms. The van der Waals surface area contributed by atoms with Crippen molar-refractivity contribution in [3.05, 3.63) is 24.3 Å². The number of nitrogens with zero attached hydrogens (tertiary/aromatic N) is 1. The summed E-state index contributed by atoms with van der Waals surface area (Å²) in [7, 11) is 1.65. The Labute approximate surface area is 164 Å². The maximum atomic E-state index is 13.1. The molecule has 0 saturated heterocycles. The third-order valence-corrected chi connectivity index (χ3v) is 6.09. The van der Waals surface area contributed by atoms with E-state index in [1.165, 1.54) is 64.2 Å². The Morgan fingerprint density at radius 2 is 1.48 bits per heavy atom. The fourth-order valence-corrected chi connectivity index (χ4v) is 4.70. The van der Waals surface area contributed by atoms with E-state index < -0.39 is 0 Å². The summed E-state index contributed by atoms with van der Waals surface area (Å²) in [5.41, 5.74) is 0. The first kappa shape index (κ1) is 20.0. The van der Waals surface area contributed by atoms with Gasteiger partial charge in [0.15, 0.2) is 11.5 Å². The van der Waals surface area contributed by atoms with Gasteiger partial charge in [0.25, 0.3) is 0 Å². The molecule has 1 aromatic rings. The largest absolute Gasteiger partial charge is 0.493 e. The van der Waals surface area contributed by atoms with Crippen LogP contribution in [-0.4, -0.2) is 36.6 Å². The van der Waals surface area contributed by atoms with Gasteiger partial charge in [-0.3, -0.25) is 4.79 Å². The highest BCUT2D eigenvalue weighted by molar-refractivity contribution is 5.77. The van der Waals surface area contributed by atoms with E-state index in [-0.39, 0.29) is 0 Å². The first-order valence-corrected chi connectivity index (χ1v) is 10.9. The molecule has 2 fully saturated rings. The lowest BCUT2D eigenvalue weighted by Gasteiger charge is -2.42. The molecule has 2 aliphatic rings. The van der Waals surface area contributed by atoms with Crippen molar-refractivity contribution in [1.82, 2.24) is 4.90 Å². The minimum Gasteiger partial charge on any atom is -0.493 e. The van der Waals surface area contributed by atoms with Crippen molar-refractivity contribution >= 4 is 5.91 Å². The van der Waals surface area contributed by atoms with Crippen molar-refractivity contribution < 1.29 is 14.3 Å². The highest BCUT2D eigenvalue weighted by atomic mass is 16.5. The smallest absolute Gasteiger partial charge is 0.223 e. The van der Waals surface area contributed by atoms with Gasteiger partial charge in [0.1, 0.15) is 0 Å². The number of rotatable bonds is 8. The topological polar surface area (TPSA) is 38.8 Å². The molecule has 3 rings (SSSR count). The highest BCUT2D eigenvalue weighted by Gasteiger charge is 2.31. The first-order valence-electron chi connectivity index (χ1n) is 10.9. The van der Waals surface area contributed by atoms with Crippen LogP contribution in [0.3, 0.4) is 0 Å². The fourth-order valence-electron chi connectivity index (χ4n) is 4.70. The molecule has 27 heavy (non-hydrogen) atoms. The number of methoxy groups -OCH3 is 1. The second kappa shape index (κ2) is 10.6. The van der Waals surface area contributed by atoms with Gasteiger partial charge in [0, 0.05) is 18.5 Å². The maximum Gasteiger partial charge on any atom is 0.223 e. The van der Waals surface area contributed by atoms with E-state index in [0.717, 1.165) is 17.9 Å². The number of hydrogen-bond donors (Lipinski definition) is 0. The summed E-state index contributed by atoms with van der Waals surface area (Å²) in [6.45, 7) is 0.551. The predicted molar refractivity (Wildman–Crippen MR) is 108 cm³/mol. The Morgan fingerprint density at radius 3 is 2.04 bits per heavy atom. The van der Waals surface area contributed by atoms with Crippen molar-refractivity contribution in [3.63, 3.8) is 0 Å². The molecule has 0 atom stereocenters. The minimum atomic E-state index is 0.345. The van der Waals surface area contributed by atoms with Gasteiger partial charge in [-0.05, 0) is 44.2 Å². The van der Waals surface area contributed by atoms with Gasteiger partial charge in [-0.25, -0.2) is 0 Å². The Hall–Kier alpha value is -1.71. The molecular formula is C23H35NO3. The average Bonchev–Trinajstić information content (AvgIpc) is 2.73. The van der Waals surface area contributed by atoms with E-state index in [4.69, 9.17) is 9.47 Å². The van der Waals surface area contributed by atoms with E-state index >= 15 is 0 Å². The molecule has 0 N–H and O–H groups in total. The number of ether oxygens (including phenoxy) is 2. The number of amides is 1. The van der Waals surface area contributed by atoms with E-state index in [2.05, 4.69) is 4.90 Å². The molecule has 0 unspecified atom stereocenters. The van der Waals surface area contributed by atoms with Crippen LogP contribution in [0.2, 0.25) is 0 Å². The Morgan fingerprint density at radius 1 is 0.926 bits per heavy atom. The quantitative estimate of drug-likeness (QED) is 0.577. The lowest BCUT2D eigenvalue weighted by molar-refractivity contribution is -0.138. The standard InChI is InChI=1S/C23H35NO3/c1-26-21-15-8-9-16-22(21)27-18-10-17-23(25)24(19-11-4-2-5-12-19)20-13-6-3-7-14-20/h8-9,15-16,19-20H,2-7,10-14,17-18H2,1H3. The van der Waals surface area contributed by atoms with Crippen LogP contribution in [0.15, 0.2) is 24.3 Å². The van der Waals surface area contributed by atoms with Gasteiger partial charge < -0.3 is 14.4 Å². The predicted octanol–water partition coefficient (Wildman–Crippen LogP) is 5.35. The lowest BCUT2D eigenvalue weighted by Crippen LogP contribution is -2.48. The molecule has 4 nitrogen and oxygen atoms in total. The highest BCUT2D eigenvalue weighted by Crippen LogP contribution is 2.31. The number of benzene rings is 1. The van der Waals surface area contributed by atoms with Crippen molar-refractivity contribution in [2.75, 3.05) is 13.7 Å². The summed E-state index contributed by atoms with van der Waals surface area (Å²) in [5.74, 6) is 1.84. The van der Waals surface area contributed by atoms with Crippen molar-refractivity contribution in [3.8, 4) is 11.5 Å². The molecule has 0 bridgehead atoms. The number of hydrogen-bond acceptors (Lipinski definition) is 3. The van der Waals surface area contributed by atoms with Crippen molar-refractivity contribution in [2.45, 2.75) is 89.1 Å². The van der Waals surface area contributed by atoms with Gasteiger partial charge in [-0.15, -0.1) is 0 Å². The van der Waals surface area contributed by atoms with Gasteiger partial charge >= 0.3 is 0 Å². The number of carbonyl (C=O) groups is 1. The number of para-hydroxylation sites is 2. The van der Waals surface area contributed by atoms with Crippen LogP contribution in [0, 0.1) is 0 Å². The second-order valence-electron chi connectivity index (χ2n) is 7.99. The van der Waals surface area contributed by atoms with Crippen LogP contribution in [0.4, 0.5) is 0 Å². The van der Waals surface area contributed by atoms with Crippen LogP contribution in [0.5, 0.6) is 11.5 Å². The normalized spacial score (nSPS) is 18.9. The molecule has 0 aromatic heterocycles. The molecule has 1 amide bonds. The third kappa shape index (κ3) is 5.63. The summed E-state index contributed by atoms with van der Waals surface area (Å²) in [4.78, 5) is 15.4. The zero-order valence-electron chi connectivity index (χ0n) is 16.8. The zero-order chi connectivity index (χ0) is 18.9. The molecule has 0 spiro atoms. The second-order valence-corrected chi connectivity index (χ2v) is 7.99. The Kier molecular flexibility index (Phi) is 7.85. The third-order valence-electron chi connectivity index (χ3n) is 6.09. The summed E-state index contributed by atoms with van der Waals surface area (Å²) >= 11 is 0. The lowest BCUT2D eigenvalue weighted by atomic mass is 9.88. The van der Waals surface area contributed by atoms with Gasteiger partial charge in [-0.2, -0.15) is 0 Å². The van der Waals surface area contributed by atoms with E-state index in [1.807, 2.05) is 24.3 Å². The molecule has 150 valence electrons. The molecule has 1 aromatic carbocycles. The molecule has 0 aliphatic heterocycles. The molecular weight excluding hydrogens is 338 g/mol. The van der Waals surface area contributed by atoms with Crippen molar-refractivity contribution in [1.29, 1.82) is 0 Å². The van der Waals surface area contributed by atoms with Crippen LogP contribution < -0.4 is 9.47 Å². The summed E-state index contributed by atoms with van der Waals surface area (Å²) in [6, 6.07) is 8.64. The summed E-state index contributed by atoms with van der Waals surface area (Å²) in [6.07, 6.45) is 13.9. The average molecular weight is 374 g/mol. The SMILES string of the molecule is COc1ccccc1OCCCC(=O)N(C1CCCCC1)C1CCCCC1. The van der Waals surface area contributed by atoms with Crippen LogP contribution in [-0.2, 0) is 4.79 Å². The van der Waals surface area contributed by atoms with E-state index in [1.54, 1.807) is 7.11 Å². The molecule has 0 heterocycles. The molecule has 2 saturated carbocycles. The van der Waals surface area contributed by atoms with E-state index in [0.29, 0.717) is 31.0 Å². The zero-order valence-corrected chi connectivity index (χ0v) is 16.8. The van der Waals surface area contributed by atoms with E-state index in [9.17, 15) is 4.79 Å². The van der Waals surface area contributed by atoms with Crippen LogP contribution >= 0.6 is 0 Å². The number of carbonyl (C=O) groups excluding carboxylic acids is 1. The van der Waals surface area contributed by atoms with Gasteiger partial charge in [-0.1, -0.05) is 50.7 Å². The molecule has 0 radical (unpaired) electrons.